The number of hydrogen-bond acceptors (Lipinski definition) is 8. The molecule has 15 heteroatoms. The van der Waals surface area contributed by atoms with Gasteiger partial charge in [0.2, 0.25) is 15.9 Å². The van der Waals surface area contributed by atoms with Gasteiger partial charge < -0.3 is 10.3 Å². The van der Waals surface area contributed by atoms with Crippen LogP contribution in [0.1, 0.15) is 25.3 Å². The number of nitrogens with zero attached hydrogens (tertiary/aromatic N) is 5. The Bertz CT molecular complexity index is 2160. The Morgan fingerprint density at radius 1 is 1.02 bits per heavy atom. The topological polar surface area (TPSA) is 171 Å². The molecule has 0 saturated heterocycles. The third kappa shape index (κ3) is 5.87. The summed E-state index contributed by atoms with van der Waals surface area (Å²) in [4.78, 5) is 32.5. The Kier molecular flexibility index (Phi) is 7.57. The molecule has 0 aliphatic carbocycles. The summed E-state index contributed by atoms with van der Waals surface area (Å²) in [7, 11) is -3.49. The Hall–Kier alpha value is -5.15. The quantitative estimate of drug-likeness (QED) is 0.181. The van der Waals surface area contributed by atoms with Crippen molar-refractivity contribution in [2.75, 3.05) is 11.6 Å². The Morgan fingerprint density at radius 2 is 1.86 bits per heavy atom. The van der Waals surface area contributed by atoms with Gasteiger partial charge in [-0.05, 0) is 47.9 Å². The van der Waals surface area contributed by atoms with Crippen LogP contribution in [0.25, 0.3) is 56.0 Å². The Balaban J connectivity index is 1.40. The number of halogens is 2. The molecule has 5 aromatic heterocycles. The number of sulfonamides is 1. The van der Waals surface area contributed by atoms with E-state index in [9.17, 15) is 17.6 Å². The number of amides is 1. The molecular weight excluding hydrogens is 592 g/mol. The summed E-state index contributed by atoms with van der Waals surface area (Å²) in [5.74, 6) is -1.20. The number of nitrogens with one attached hydrogen (secondary N) is 4. The maximum absolute atomic E-state index is 16.1. The van der Waals surface area contributed by atoms with Crippen molar-refractivity contribution in [1.29, 1.82) is 0 Å². The minimum Gasteiger partial charge on any atom is -0.325 e. The molecule has 4 N–H and O–H groups in total. The normalized spacial score (nSPS) is 11.8. The van der Waals surface area contributed by atoms with Crippen LogP contribution >= 0.6 is 0 Å². The average Bonchev–Trinajstić information content (AvgIpc) is 3.61. The zero-order valence-corrected chi connectivity index (χ0v) is 24.3. The third-order valence-electron chi connectivity index (χ3n) is 6.73. The molecule has 0 radical (unpaired) electrons. The van der Waals surface area contributed by atoms with E-state index in [4.69, 9.17) is 0 Å². The first-order valence-electron chi connectivity index (χ1n) is 13.5. The number of pyridine rings is 3. The molecule has 224 valence electrons. The van der Waals surface area contributed by atoms with Crippen molar-refractivity contribution in [1.82, 2.24) is 39.8 Å². The van der Waals surface area contributed by atoms with E-state index >= 15 is 4.39 Å². The predicted molar refractivity (Wildman–Crippen MR) is 161 cm³/mol. The fourth-order valence-corrected chi connectivity index (χ4v) is 5.24. The zero-order chi connectivity index (χ0) is 31.0. The zero-order valence-electron chi connectivity index (χ0n) is 23.4. The van der Waals surface area contributed by atoms with Crippen LogP contribution in [-0.4, -0.2) is 55.7 Å². The van der Waals surface area contributed by atoms with Crippen LogP contribution in [0, 0.1) is 11.6 Å². The van der Waals surface area contributed by atoms with Crippen LogP contribution in [0.5, 0.6) is 0 Å². The highest BCUT2D eigenvalue weighted by atomic mass is 32.2. The van der Waals surface area contributed by atoms with Gasteiger partial charge in [-0.15, -0.1) is 0 Å². The lowest BCUT2D eigenvalue weighted by atomic mass is 10.0. The van der Waals surface area contributed by atoms with Crippen molar-refractivity contribution in [2.24, 2.45) is 0 Å². The van der Waals surface area contributed by atoms with E-state index in [0.29, 0.717) is 57.5 Å². The maximum Gasteiger partial charge on any atom is 0.224 e. The molecule has 0 saturated carbocycles. The third-order valence-corrected chi connectivity index (χ3v) is 7.40. The molecular formula is C29H25F2N9O3S. The summed E-state index contributed by atoms with van der Waals surface area (Å²) >= 11 is 0. The standard InChI is InChI=1S/C29H25F2N9O3S/c1-3-4-22(41)36-19-10-17(12-32-13-19)25-24(31)23-21(14-34-25)39-40-27(23)29-37-26-20(5-6-33-28(26)38-29)16-7-15(8-18(30)9-16)11-35-44(2,42)43/h5-10,12-14,35H,3-4,11H2,1-2H3,(H,36,41)(H,39,40)(H,33,37,38). The lowest BCUT2D eigenvalue weighted by molar-refractivity contribution is -0.116. The van der Waals surface area contributed by atoms with Crippen molar-refractivity contribution < 1.29 is 22.0 Å². The van der Waals surface area contributed by atoms with E-state index in [0.717, 1.165) is 6.26 Å². The van der Waals surface area contributed by atoms with Crippen molar-refractivity contribution in [3.05, 3.63) is 72.3 Å². The van der Waals surface area contributed by atoms with Crippen molar-refractivity contribution >= 4 is 43.7 Å². The van der Waals surface area contributed by atoms with Gasteiger partial charge in [-0.3, -0.25) is 19.9 Å². The summed E-state index contributed by atoms with van der Waals surface area (Å²) < 4.78 is 56.1. The van der Waals surface area contributed by atoms with Crippen LogP contribution in [0.15, 0.2) is 55.1 Å². The van der Waals surface area contributed by atoms with Gasteiger partial charge >= 0.3 is 0 Å². The number of fused-ring (bicyclic) bond motifs is 2. The molecule has 0 fully saturated rings. The molecule has 0 spiro atoms. The first-order chi connectivity index (χ1) is 21.1. The van der Waals surface area contributed by atoms with Crippen LogP contribution in [0.4, 0.5) is 14.5 Å². The molecule has 0 unspecified atom stereocenters. The first kappa shape index (κ1) is 28.9. The SMILES string of the molecule is CCCC(=O)Nc1cncc(-c2ncc3[nH]nc(-c4nc5c(-c6cc(F)cc(CNS(C)(=O)=O)c6)ccnc5[nH]4)c3c2F)c1. The number of rotatable bonds is 9. The van der Waals surface area contributed by atoms with Crippen LogP contribution in [-0.2, 0) is 21.4 Å². The minimum absolute atomic E-state index is 0.00385. The molecule has 44 heavy (non-hydrogen) atoms. The molecule has 0 aliphatic rings. The monoisotopic (exact) mass is 617 g/mol. The maximum atomic E-state index is 16.1. The molecule has 1 amide bonds. The molecule has 1 aromatic carbocycles. The van der Waals surface area contributed by atoms with E-state index in [2.05, 4.69) is 45.2 Å². The second-order valence-electron chi connectivity index (χ2n) is 10.1. The average molecular weight is 618 g/mol. The van der Waals surface area contributed by atoms with E-state index in [1.807, 2.05) is 6.92 Å². The number of H-pyrrole nitrogens is 2. The highest BCUT2D eigenvalue weighted by Gasteiger charge is 2.22. The second-order valence-corrected chi connectivity index (χ2v) is 12.0. The summed E-state index contributed by atoms with van der Waals surface area (Å²) in [5, 5.41) is 9.94. The molecule has 6 rings (SSSR count). The van der Waals surface area contributed by atoms with Crippen molar-refractivity contribution in [3.8, 4) is 33.9 Å². The smallest absolute Gasteiger partial charge is 0.224 e. The lowest BCUT2D eigenvalue weighted by Crippen LogP contribution is -2.21. The molecule has 0 aliphatic heterocycles. The molecule has 0 bridgehead atoms. The van der Waals surface area contributed by atoms with Gasteiger partial charge in [0.1, 0.15) is 22.7 Å². The van der Waals surface area contributed by atoms with Gasteiger partial charge in [0.15, 0.2) is 17.3 Å². The fraction of sp³-hybridized carbons (Fsp3) is 0.172. The van der Waals surface area contributed by atoms with Gasteiger partial charge in [0.25, 0.3) is 0 Å². The number of carbonyl (C=O) groups excluding carboxylic acids is 1. The van der Waals surface area contributed by atoms with Crippen molar-refractivity contribution in [3.63, 3.8) is 0 Å². The summed E-state index contributed by atoms with van der Waals surface area (Å²) in [6, 6.07) is 7.44. The molecule has 6 aromatic rings. The van der Waals surface area contributed by atoms with Gasteiger partial charge in [-0.2, -0.15) is 5.10 Å². The van der Waals surface area contributed by atoms with Gasteiger partial charge in [0.05, 0.1) is 35.2 Å². The molecule has 0 atom stereocenters. The number of aromatic nitrogens is 7. The number of anilines is 1. The second kappa shape index (κ2) is 11.5. The largest absolute Gasteiger partial charge is 0.325 e. The summed E-state index contributed by atoms with van der Waals surface area (Å²) in [5.41, 5.74) is 3.37. The summed E-state index contributed by atoms with van der Waals surface area (Å²) in [6.07, 6.45) is 7.92. The molecule has 12 nitrogen and oxygen atoms in total. The van der Waals surface area contributed by atoms with Gasteiger partial charge in [-0.1, -0.05) is 6.92 Å². The molecule has 5 heterocycles. The highest BCUT2D eigenvalue weighted by Crippen LogP contribution is 2.34. The van der Waals surface area contributed by atoms with Crippen molar-refractivity contribution in [2.45, 2.75) is 26.3 Å². The number of benzene rings is 1. The van der Waals surface area contributed by atoms with E-state index < -0.39 is 21.7 Å². The first-order valence-corrected chi connectivity index (χ1v) is 15.4. The number of hydrogen-bond donors (Lipinski definition) is 4. The number of imidazole rings is 1. The number of aromatic amines is 2. The Morgan fingerprint density at radius 3 is 2.66 bits per heavy atom. The highest BCUT2D eigenvalue weighted by molar-refractivity contribution is 7.88. The predicted octanol–water partition coefficient (Wildman–Crippen LogP) is 4.69. The van der Waals surface area contributed by atoms with E-state index in [-0.39, 0.29) is 35.1 Å². The van der Waals surface area contributed by atoms with Gasteiger partial charge in [-0.25, -0.2) is 31.9 Å². The Labute approximate surface area is 249 Å². The van der Waals surface area contributed by atoms with Crippen LogP contribution < -0.4 is 10.0 Å². The van der Waals surface area contributed by atoms with Gasteiger partial charge in [0, 0.05) is 36.5 Å². The summed E-state index contributed by atoms with van der Waals surface area (Å²) in [6.45, 7) is 1.80. The minimum atomic E-state index is -3.49. The van der Waals surface area contributed by atoms with Crippen LogP contribution in [0.2, 0.25) is 0 Å². The number of carbonyl (C=O) groups is 1. The lowest BCUT2D eigenvalue weighted by Gasteiger charge is -2.08. The van der Waals surface area contributed by atoms with E-state index in [1.54, 1.807) is 18.2 Å². The fourth-order valence-electron chi connectivity index (χ4n) is 4.81. The van der Waals surface area contributed by atoms with E-state index in [1.165, 1.54) is 36.9 Å². The van der Waals surface area contributed by atoms with Crippen LogP contribution in [0.3, 0.4) is 0 Å².